The fraction of sp³-hybridized carbons (Fsp3) is 0.258. The van der Waals surface area contributed by atoms with Crippen molar-refractivity contribution in [2.24, 2.45) is 5.10 Å². The third-order valence-electron chi connectivity index (χ3n) is 6.50. The van der Waals surface area contributed by atoms with Gasteiger partial charge < -0.3 is 0 Å². The minimum Gasteiger partial charge on any atom is -0.258 e. The molecule has 1 atom stereocenters. The van der Waals surface area contributed by atoms with Crippen LogP contribution in [0.4, 0.5) is 5.69 Å². The Kier molecular flexibility index (Phi) is 7.43. The van der Waals surface area contributed by atoms with Gasteiger partial charge in [-0.05, 0) is 29.3 Å². The number of benzene rings is 3. The van der Waals surface area contributed by atoms with Crippen LogP contribution in [0.2, 0.25) is 39.3 Å². The molecule has 1 heterocycles. The Hall–Kier alpha value is -2.96. The Labute approximate surface area is 213 Å². The number of para-hydroxylation sites is 1. The zero-order valence-electron chi connectivity index (χ0n) is 22.0. The molecule has 0 saturated carbocycles. The van der Waals surface area contributed by atoms with E-state index in [9.17, 15) is 0 Å². The first kappa shape index (κ1) is 25.1. The van der Waals surface area contributed by atoms with Gasteiger partial charge in [-0.25, -0.2) is 0 Å². The summed E-state index contributed by atoms with van der Waals surface area (Å²) in [5.74, 6) is 0. The molecule has 0 N–H and O–H groups in total. The van der Waals surface area contributed by atoms with Crippen LogP contribution in [0.5, 0.6) is 0 Å². The molecule has 3 aromatic rings. The van der Waals surface area contributed by atoms with Gasteiger partial charge in [0.25, 0.3) is 0 Å². The molecule has 1 aliphatic rings. The van der Waals surface area contributed by atoms with Crippen LogP contribution in [0.15, 0.2) is 96.1 Å². The van der Waals surface area contributed by atoms with Crippen molar-refractivity contribution < 1.29 is 0 Å². The lowest BCUT2D eigenvalue weighted by atomic mass is 10.1. The summed E-state index contributed by atoms with van der Waals surface area (Å²) in [6.07, 6.45) is 9.92. The van der Waals surface area contributed by atoms with Gasteiger partial charge in [-0.1, -0.05) is 135 Å². The average molecular weight is 495 g/mol. The van der Waals surface area contributed by atoms with Crippen LogP contribution < -0.4 is 15.4 Å². The van der Waals surface area contributed by atoms with Crippen molar-refractivity contribution in [3.05, 3.63) is 102 Å². The lowest BCUT2D eigenvalue weighted by Gasteiger charge is -2.21. The van der Waals surface area contributed by atoms with E-state index in [1.165, 1.54) is 21.5 Å². The number of hydrazone groups is 1. The van der Waals surface area contributed by atoms with Crippen LogP contribution in [-0.4, -0.2) is 27.9 Å². The Balaban J connectivity index is 1.58. The summed E-state index contributed by atoms with van der Waals surface area (Å²) in [5, 5.41) is 10.2. The lowest BCUT2D eigenvalue weighted by Crippen LogP contribution is -2.39. The normalized spacial score (nSPS) is 16.9. The molecule has 0 spiro atoms. The molecule has 0 aromatic heterocycles. The standard InChI is InChI=1S/C31H38N2Si2/c1-34(2,3)30-22-17-25(18-23-30)16-21-29-24-27(32-33(29)28-13-8-7-9-14-28)20-19-26-12-10-11-15-31(26)35(4,5)6/h7-23,29H,24H2,1-6H3. The predicted molar refractivity (Wildman–Crippen MR) is 162 cm³/mol. The van der Waals surface area contributed by atoms with Gasteiger partial charge in [0, 0.05) is 6.42 Å². The fourth-order valence-electron chi connectivity index (χ4n) is 4.46. The second-order valence-corrected chi connectivity index (χ2v) is 21.6. The van der Waals surface area contributed by atoms with Crippen molar-refractivity contribution in [2.75, 3.05) is 5.01 Å². The van der Waals surface area contributed by atoms with E-state index in [0.717, 1.165) is 17.8 Å². The number of nitrogens with zero attached hydrogens (tertiary/aromatic N) is 2. The molecule has 0 bridgehead atoms. The van der Waals surface area contributed by atoms with Crippen molar-refractivity contribution >= 4 is 50.1 Å². The first-order chi connectivity index (χ1) is 16.6. The highest BCUT2D eigenvalue weighted by Crippen LogP contribution is 2.26. The molecule has 0 fully saturated rings. The van der Waals surface area contributed by atoms with Gasteiger partial charge >= 0.3 is 0 Å². The van der Waals surface area contributed by atoms with Crippen LogP contribution in [0, 0.1) is 0 Å². The van der Waals surface area contributed by atoms with Crippen molar-refractivity contribution in [1.82, 2.24) is 0 Å². The highest BCUT2D eigenvalue weighted by molar-refractivity contribution is 6.89. The first-order valence-corrected chi connectivity index (χ1v) is 19.6. The Morgan fingerprint density at radius 2 is 1.37 bits per heavy atom. The number of hydrogen-bond donors (Lipinski definition) is 0. The summed E-state index contributed by atoms with van der Waals surface area (Å²) in [7, 11) is -2.69. The van der Waals surface area contributed by atoms with Crippen molar-refractivity contribution in [3.8, 4) is 0 Å². The van der Waals surface area contributed by atoms with E-state index >= 15 is 0 Å². The number of hydrogen-bond acceptors (Lipinski definition) is 2. The monoisotopic (exact) mass is 494 g/mol. The maximum Gasteiger partial charge on any atom is 0.0783 e. The molecular formula is C31H38N2Si2. The molecular weight excluding hydrogens is 457 g/mol. The van der Waals surface area contributed by atoms with Crippen LogP contribution in [0.1, 0.15) is 17.5 Å². The van der Waals surface area contributed by atoms with E-state index in [2.05, 4.69) is 147 Å². The lowest BCUT2D eigenvalue weighted by molar-refractivity contribution is 0.791. The molecule has 4 rings (SSSR count). The molecule has 1 unspecified atom stereocenters. The first-order valence-electron chi connectivity index (χ1n) is 12.6. The van der Waals surface area contributed by atoms with Gasteiger partial charge in [0.2, 0.25) is 0 Å². The Morgan fingerprint density at radius 3 is 2.03 bits per heavy atom. The van der Waals surface area contributed by atoms with Crippen molar-refractivity contribution in [2.45, 2.75) is 51.7 Å². The largest absolute Gasteiger partial charge is 0.258 e. The maximum atomic E-state index is 5.03. The van der Waals surface area contributed by atoms with E-state index in [0.29, 0.717) is 0 Å². The molecule has 0 radical (unpaired) electrons. The topological polar surface area (TPSA) is 15.6 Å². The van der Waals surface area contributed by atoms with E-state index in [-0.39, 0.29) is 6.04 Å². The van der Waals surface area contributed by atoms with Crippen LogP contribution in [0.25, 0.3) is 12.2 Å². The van der Waals surface area contributed by atoms with Gasteiger partial charge in [0.1, 0.15) is 0 Å². The fourth-order valence-corrected chi connectivity index (χ4v) is 7.26. The van der Waals surface area contributed by atoms with Crippen LogP contribution in [0.3, 0.4) is 0 Å². The molecule has 2 nitrogen and oxygen atoms in total. The van der Waals surface area contributed by atoms with Gasteiger partial charge in [-0.15, -0.1) is 0 Å². The van der Waals surface area contributed by atoms with Gasteiger partial charge in [0.15, 0.2) is 0 Å². The summed E-state index contributed by atoms with van der Waals surface area (Å²) < 4.78 is 0. The molecule has 4 heteroatoms. The number of rotatable bonds is 7. The number of allylic oxidation sites excluding steroid dienone is 1. The van der Waals surface area contributed by atoms with E-state index in [4.69, 9.17) is 5.10 Å². The summed E-state index contributed by atoms with van der Waals surface area (Å²) in [6, 6.07) is 28.6. The zero-order chi connectivity index (χ0) is 25.1. The quantitative estimate of drug-likeness (QED) is 0.319. The molecule has 180 valence electrons. The third-order valence-corrected chi connectivity index (χ3v) is 10.6. The molecule has 0 amide bonds. The SMILES string of the molecule is C[Si](C)(C)c1ccc(C=CC2CC(C=Cc3ccccc3[Si](C)(C)C)=NN2c2ccccc2)cc1. The second-order valence-electron chi connectivity index (χ2n) is 11.4. The Bertz CT molecular complexity index is 1230. The minimum atomic E-state index is -1.41. The van der Waals surface area contributed by atoms with Gasteiger partial charge in [-0.3, -0.25) is 5.01 Å². The van der Waals surface area contributed by atoms with Crippen molar-refractivity contribution in [1.29, 1.82) is 0 Å². The third kappa shape index (κ3) is 6.38. The number of anilines is 1. The zero-order valence-corrected chi connectivity index (χ0v) is 24.0. The minimum absolute atomic E-state index is 0.195. The molecule has 35 heavy (non-hydrogen) atoms. The van der Waals surface area contributed by atoms with E-state index in [1.54, 1.807) is 0 Å². The highest BCUT2D eigenvalue weighted by Gasteiger charge is 2.25. The van der Waals surface area contributed by atoms with Gasteiger partial charge in [0.05, 0.1) is 33.6 Å². The van der Waals surface area contributed by atoms with E-state index < -0.39 is 16.1 Å². The summed E-state index contributed by atoms with van der Waals surface area (Å²) in [4.78, 5) is 0. The summed E-state index contributed by atoms with van der Waals surface area (Å²) in [6.45, 7) is 14.4. The Morgan fingerprint density at radius 1 is 0.714 bits per heavy atom. The smallest absolute Gasteiger partial charge is 0.0783 e. The highest BCUT2D eigenvalue weighted by atomic mass is 28.3. The maximum absolute atomic E-state index is 5.03. The average Bonchev–Trinajstić information content (AvgIpc) is 3.24. The summed E-state index contributed by atoms with van der Waals surface area (Å²) >= 11 is 0. The molecule has 0 aliphatic carbocycles. The predicted octanol–water partition coefficient (Wildman–Crippen LogP) is 7.14. The second kappa shape index (κ2) is 10.3. The molecule has 1 aliphatic heterocycles. The van der Waals surface area contributed by atoms with Gasteiger partial charge in [-0.2, -0.15) is 5.10 Å². The molecule has 0 saturated heterocycles. The van der Waals surface area contributed by atoms with Crippen LogP contribution >= 0.6 is 0 Å². The van der Waals surface area contributed by atoms with E-state index in [1.807, 2.05) is 0 Å². The van der Waals surface area contributed by atoms with Crippen LogP contribution in [-0.2, 0) is 0 Å². The summed E-state index contributed by atoms with van der Waals surface area (Å²) in [5.41, 5.74) is 4.81. The molecule has 3 aromatic carbocycles. The van der Waals surface area contributed by atoms with Crippen molar-refractivity contribution in [3.63, 3.8) is 0 Å².